The molecule has 23 heavy (non-hydrogen) atoms. The van der Waals surface area contributed by atoms with E-state index in [1.165, 1.54) is 11.8 Å². The quantitative estimate of drug-likeness (QED) is 0.890. The number of amides is 1. The SMILES string of the molecule is CCN(C(=O)OC(C)(C)C)C(C(=O)O)c1c(C)nn(C)c1OC. The van der Waals surface area contributed by atoms with Crippen LogP contribution < -0.4 is 4.74 Å². The van der Waals surface area contributed by atoms with Gasteiger partial charge in [-0.15, -0.1) is 0 Å². The number of aryl methyl sites for hydroxylation is 2. The molecule has 1 heterocycles. The number of nitrogens with zero attached hydrogens (tertiary/aromatic N) is 3. The molecule has 8 nitrogen and oxygen atoms in total. The van der Waals surface area contributed by atoms with E-state index in [2.05, 4.69) is 5.10 Å². The maximum atomic E-state index is 12.4. The summed E-state index contributed by atoms with van der Waals surface area (Å²) < 4.78 is 12.0. The number of methoxy groups -OCH3 is 1. The zero-order valence-corrected chi connectivity index (χ0v) is 14.7. The Balaban J connectivity index is 3.35. The third-order valence-corrected chi connectivity index (χ3v) is 3.20. The van der Waals surface area contributed by atoms with Gasteiger partial charge >= 0.3 is 12.1 Å². The summed E-state index contributed by atoms with van der Waals surface area (Å²) in [6.07, 6.45) is -0.697. The normalized spacial score (nSPS) is 12.7. The fourth-order valence-corrected chi connectivity index (χ4v) is 2.36. The monoisotopic (exact) mass is 327 g/mol. The van der Waals surface area contributed by atoms with Crippen molar-refractivity contribution in [1.29, 1.82) is 0 Å². The molecule has 1 rings (SSSR count). The second kappa shape index (κ2) is 6.89. The molecule has 1 aromatic heterocycles. The van der Waals surface area contributed by atoms with Gasteiger partial charge in [0.15, 0.2) is 6.04 Å². The molecule has 0 fully saturated rings. The zero-order chi connectivity index (χ0) is 17.9. The van der Waals surface area contributed by atoms with Gasteiger partial charge in [0.05, 0.1) is 18.4 Å². The van der Waals surface area contributed by atoms with Gasteiger partial charge in [-0.05, 0) is 34.6 Å². The van der Waals surface area contributed by atoms with Crippen LogP contribution in [0.15, 0.2) is 0 Å². The molecule has 1 aromatic rings. The molecular weight excluding hydrogens is 302 g/mol. The summed E-state index contributed by atoms with van der Waals surface area (Å²) in [6.45, 7) is 8.72. The predicted octanol–water partition coefficient (Wildman–Crippen LogP) is 2.12. The molecule has 130 valence electrons. The van der Waals surface area contributed by atoms with Gasteiger partial charge in [0.1, 0.15) is 5.60 Å². The van der Waals surface area contributed by atoms with E-state index >= 15 is 0 Å². The number of aliphatic carboxylic acids is 1. The molecule has 1 atom stereocenters. The van der Waals surface area contributed by atoms with Crippen molar-refractivity contribution in [2.75, 3.05) is 13.7 Å². The Kier molecular flexibility index (Phi) is 5.63. The Morgan fingerprint density at radius 2 is 1.96 bits per heavy atom. The van der Waals surface area contributed by atoms with Gasteiger partial charge in [-0.2, -0.15) is 5.10 Å². The average Bonchev–Trinajstić information content (AvgIpc) is 2.66. The number of carboxylic acids is 1. The third kappa shape index (κ3) is 4.14. The van der Waals surface area contributed by atoms with Gasteiger partial charge in [0.25, 0.3) is 0 Å². The Labute approximate surface area is 136 Å². The van der Waals surface area contributed by atoms with Crippen molar-refractivity contribution in [3.63, 3.8) is 0 Å². The molecule has 0 spiro atoms. The van der Waals surface area contributed by atoms with Gasteiger partial charge in [0, 0.05) is 13.6 Å². The van der Waals surface area contributed by atoms with E-state index in [1.807, 2.05) is 0 Å². The summed E-state index contributed by atoms with van der Waals surface area (Å²) in [5, 5.41) is 13.9. The molecule has 0 aliphatic carbocycles. The standard InChI is InChI=1S/C15H25N3O5/c1-8-18(14(21)23-15(3,4)5)11(13(19)20)10-9(2)16-17(6)12(10)22-7/h11H,8H2,1-7H3,(H,19,20). The molecule has 1 amide bonds. The number of carboxylic acid groups (broad SMARTS) is 1. The second-order valence-corrected chi connectivity index (χ2v) is 6.14. The van der Waals surface area contributed by atoms with Crippen LogP contribution in [-0.2, 0) is 16.6 Å². The number of likely N-dealkylation sites (N-methyl/N-ethyl adjacent to an activating group) is 1. The van der Waals surface area contributed by atoms with Crippen LogP contribution in [0.25, 0.3) is 0 Å². The summed E-state index contributed by atoms with van der Waals surface area (Å²) in [5.74, 6) is -0.871. The lowest BCUT2D eigenvalue weighted by molar-refractivity contribution is -0.143. The summed E-state index contributed by atoms with van der Waals surface area (Å²) in [5.41, 5.74) is 0.107. The molecule has 1 unspecified atom stereocenters. The molecule has 0 aliphatic rings. The fraction of sp³-hybridized carbons (Fsp3) is 0.667. The first kappa shape index (κ1) is 18.8. The molecule has 0 radical (unpaired) electrons. The van der Waals surface area contributed by atoms with Gasteiger partial charge < -0.3 is 14.6 Å². The van der Waals surface area contributed by atoms with E-state index in [4.69, 9.17) is 9.47 Å². The van der Waals surface area contributed by atoms with Crippen molar-refractivity contribution in [1.82, 2.24) is 14.7 Å². The molecular formula is C15H25N3O5. The predicted molar refractivity (Wildman–Crippen MR) is 83.5 cm³/mol. The minimum atomic E-state index is -1.24. The average molecular weight is 327 g/mol. The highest BCUT2D eigenvalue weighted by Crippen LogP contribution is 2.33. The van der Waals surface area contributed by atoms with Crippen molar-refractivity contribution < 1.29 is 24.2 Å². The van der Waals surface area contributed by atoms with E-state index in [0.717, 1.165) is 4.90 Å². The van der Waals surface area contributed by atoms with Crippen LogP contribution in [-0.4, -0.2) is 51.1 Å². The molecule has 0 bridgehead atoms. The van der Waals surface area contributed by atoms with Gasteiger partial charge in [0.2, 0.25) is 5.88 Å². The Hall–Kier alpha value is -2.25. The first-order chi connectivity index (χ1) is 10.5. The lowest BCUT2D eigenvalue weighted by Gasteiger charge is -2.30. The first-order valence-electron chi connectivity index (χ1n) is 7.33. The number of rotatable bonds is 5. The van der Waals surface area contributed by atoms with Crippen LogP contribution in [0, 0.1) is 6.92 Å². The Morgan fingerprint density at radius 1 is 1.39 bits per heavy atom. The summed E-state index contributed by atoms with van der Waals surface area (Å²) in [6, 6.07) is -1.24. The van der Waals surface area contributed by atoms with Crippen LogP contribution >= 0.6 is 0 Å². The number of hydrogen-bond donors (Lipinski definition) is 1. The third-order valence-electron chi connectivity index (χ3n) is 3.20. The molecule has 0 saturated heterocycles. The first-order valence-corrected chi connectivity index (χ1v) is 7.33. The molecule has 0 aliphatic heterocycles. The summed E-state index contributed by atoms with van der Waals surface area (Å²) in [7, 11) is 3.08. The van der Waals surface area contributed by atoms with Crippen LogP contribution in [0.4, 0.5) is 4.79 Å². The minimum Gasteiger partial charge on any atom is -0.481 e. The van der Waals surface area contributed by atoms with E-state index in [1.54, 1.807) is 41.7 Å². The highest BCUT2D eigenvalue weighted by atomic mass is 16.6. The van der Waals surface area contributed by atoms with Gasteiger partial charge in [-0.1, -0.05) is 0 Å². The highest BCUT2D eigenvalue weighted by Gasteiger charge is 2.38. The van der Waals surface area contributed by atoms with Crippen LogP contribution in [0.2, 0.25) is 0 Å². The highest BCUT2D eigenvalue weighted by molar-refractivity contribution is 5.82. The number of carbonyl (C=O) groups is 2. The Bertz CT molecular complexity index is 589. The zero-order valence-electron chi connectivity index (χ0n) is 14.7. The topological polar surface area (TPSA) is 93.9 Å². The van der Waals surface area contributed by atoms with Crippen molar-refractivity contribution >= 4 is 12.1 Å². The smallest absolute Gasteiger partial charge is 0.411 e. The number of aromatic nitrogens is 2. The molecule has 1 N–H and O–H groups in total. The van der Waals surface area contributed by atoms with Crippen molar-refractivity contribution in [3.8, 4) is 5.88 Å². The maximum absolute atomic E-state index is 12.4. The number of ether oxygens (including phenoxy) is 2. The fourth-order valence-electron chi connectivity index (χ4n) is 2.36. The molecule has 8 heteroatoms. The van der Waals surface area contributed by atoms with Crippen molar-refractivity contribution in [2.45, 2.75) is 46.3 Å². The minimum absolute atomic E-state index is 0.170. The summed E-state index contributed by atoms with van der Waals surface area (Å²) >= 11 is 0. The van der Waals surface area contributed by atoms with E-state index in [-0.39, 0.29) is 6.54 Å². The van der Waals surface area contributed by atoms with Crippen LogP contribution in [0.3, 0.4) is 0 Å². The lowest BCUT2D eigenvalue weighted by atomic mass is 10.1. The molecule has 0 aromatic carbocycles. The summed E-state index contributed by atoms with van der Waals surface area (Å²) in [4.78, 5) is 25.4. The van der Waals surface area contributed by atoms with E-state index in [9.17, 15) is 14.7 Å². The second-order valence-electron chi connectivity index (χ2n) is 6.14. The van der Waals surface area contributed by atoms with Crippen molar-refractivity contribution in [3.05, 3.63) is 11.3 Å². The lowest BCUT2D eigenvalue weighted by Crippen LogP contribution is -2.42. The van der Waals surface area contributed by atoms with Crippen molar-refractivity contribution in [2.24, 2.45) is 7.05 Å². The Morgan fingerprint density at radius 3 is 2.35 bits per heavy atom. The van der Waals surface area contributed by atoms with Crippen LogP contribution in [0.5, 0.6) is 5.88 Å². The van der Waals surface area contributed by atoms with E-state index in [0.29, 0.717) is 17.1 Å². The maximum Gasteiger partial charge on any atom is 0.411 e. The van der Waals surface area contributed by atoms with Crippen LogP contribution in [0.1, 0.15) is 45.0 Å². The number of carbonyl (C=O) groups excluding carboxylic acids is 1. The van der Waals surface area contributed by atoms with Gasteiger partial charge in [-0.25, -0.2) is 14.3 Å². The van der Waals surface area contributed by atoms with Gasteiger partial charge in [-0.3, -0.25) is 4.90 Å². The molecule has 0 saturated carbocycles. The number of hydrogen-bond acceptors (Lipinski definition) is 5. The largest absolute Gasteiger partial charge is 0.481 e. The van der Waals surface area contributed by atoms with E-state index < -0.39 is 23.7 Å².